The third-order valence-electron chi connectivity index (χ3n) is 1.83. The first-order valence-electron chi connectivity index (χ1n) is 4.35. The molecule has 0 amide bonds. The zero-order valence-corrected chi connectivity index (χ0v) is 9.32. The molecule has 0 aliphatic heterocycles. The molecule has 0 aromatic heterocycles. The lowest BCUT2D eigenvalue weighted by Gasteiger charge is -2.01. The van der Waals surface area contributed by atoms with Gasteiger partial charge in [0.05, 0.1) is 10.6 Å². The Morgan fingerprint density at radius 3 is 2.50 bits per heavy atom. The highest BCUT2D eigenvalue weighted by molar-refractivity contribution is 7.80. The fraction of sp³-hybridized carbons (Fsp3) is 0.111. The second-order valence-electron chi connectivity index (χ2n) is 2.98. The molecule has 1 aromatic rings. The van der Waals surface area contributed by atoms with Gasteiger partial charge < -0.3 is 5.73 Å². The van der Waals surface area contributed by atoms with Crippen LogP contribution >= 0.6 is 12.2 Å². The van der Waals surface area contributed by atoms with E-state index in [9.17, 15) is 10.1 Å². The fourth-order valence-corrected chi connectivity index (χ4v) is 1.07. The first-order chi connectivity index (χ1) is 7.50. The van der Waals surface area contributed by atoms with E-state index in [1.807, 2.05) is 0 Å². The third-order valence-corrected chi connectivity index (χ3v) is 1.92. The maximum Gasteiger partial charge on any atom is 0.269 e. The molecule has 7 heteroatoms. The number of non-ortho nitro benzene ring substituents is 1. The molecule has 16 heavy (non-hydrogen) atoms. The fourth-order valence-electron chi connectivity index (χ4n) is 1.03. The van der Waals surface area contributed by atoms with Crippen molar-refractivity contribution in [2.45, 2.75) is 6.92 Å². The van der Waals surface area contributed by atoms with Crippen LogP contribution < -0.4 is 11.2 Å². The molecule has 0 heterocycles. The maximum absolute atomic E-state index is 10.4. The van der Waals surface area contributed by atoms with E-state index in [-0.39, 0.29) is 10.8 Å². The van der Waals surface area contributed by atoms with Crippen LogP contribution in [0.3, 0.4) is 0 Å². The summed E-state index contributed by atoms with van der Waals surface area (Å²) in [6.45, 7) is 1.74. The number of hydrogen-bond donors (Lipinski definition) is 2. The van der Waals surface area contributed by atoms with E-state index < -0.39 is 4.92 Å². The number of rotatable bonds is 3. The Kier molecular flexibility index (Phi) is 3.90. The van der Waals surface area contributed by atoms with Gasteiger partial charge in [-0.1, -0.05) is 0 Å². The number of nitrogens with zero attached hydrogens (tertiary/aromatic N) is 2. The van der Waals surface area contributed by atoms with E-state index in [0.717, 1.165) is 5.56 Å². The number of nitro groups is 1. The SMILES string of the molecule is C/C(=N/NC(N)=S)c1ccc([N+](=O)[O-])cc1. The Balaban J connectivity index is 2.85. The summed E-state index contributed by atoms with van der Waals surface area (Å²) in [5.41, 5.74) is 9.09. The first-order valence-corrected chi connectivity index (χ1v) is 4.76. The lowest BCUT2D eigenvalue weighted by molar-refractivity contribution is -0.384. The summed E-state index contributed by atoms with van der Waals surface area (Å²) in [5, 5.41) is 14.4. The van der Waals surface area contributed by atoms with Gasteiger partial charge in [0.2, 0.25) is 0 Å². The van der Waals surface area contributed by atoms with Crippen molar-refractivity contribution in [1.29, 1.82) is 0 Å². The van der Waals surface area contributed by atoms with Crippen LogP contribution in [-0.4, -0.2) is 15.7 Å². The van der Waals surface area contributed by atoms with Gasteiger partial charge in [0.1, 0.15) is 0 Å². The summed E-state index contributed by atoms with van der Waals surface area (Å²) in [7, 11) is 0. The Bertz CT molecular complexity index is 441. The summed E-state index contributed by atoms with van der Waals surface area (Å²) >= 11 is 4.59. The van der Waals surface area contributed by atoms with Crippen LogP contribution in [0.1, 0.15) is 12.5 Å². The quantitative estimate of drug-likeness (QED) is 0.356. The van der Waals surface area contributed by atoms with Crippen LogP contribution in [0.15, 0.2) is 29.4 Å². The van der Waals surface area contributed by atoms with Gasteiger partial charge >= 0.3 is 0 Å². The van der Waals surface area contributed by atoms with E-state index >= 15 is 0 Å². The largest absolute Gasteiger partial charge is 0.375 e. The number of nitrogens with one attached hydrogen (secondary N) is 1. The molecule has 0 bridgehead atoms. The summed E-state index contributed by atoms with van der Waals surface area (Å²) in [6.07, 6.45) is 0. The lowest BCUT2D eigenvalue weighted by Crippen LogP contribution is -2.25. The average Bonchev–Trinajstić information content (AvgIpc) is 2.26. The van der Waals surface area contributed by atoms with Gasteiger partial charge in [0.15, 0.2) is 5.11 Å². The predicted octanol–water partition coefficient (Wildman–Crippen LogP) is 1.15. The number of nitrogens with two attached hydrogens (primary N) is 1. The second-order valence-corrected chi connectivity index (χ2v) is 3.42. The third kappa shape index (κ3) is 3.28. The molecular formula is C9H10N4O2S. The minimum Gasteiger partial charge on any atom is -0.375 e. The highest BCUT2D eigenvalue weighted by Crippen LogP contribution is 2.12. The molecule has 0 spiro atoms. The van der Waals surface area contributed by atoms with Crippen LogP contribution in [0.2, 0.25) is 0 Å². The maximum atomic E-state index is 10.4. The normalized spacial score (nSPS) is 10.9. The van der Waals surface area contributed by atoms with Gasteiger partial charge in [-0.25, -0.2) is 0 Å². The molecule has 1 rings (SSSR count). The predicted molar refractivity (Wildman–Crippen MR) is 65.2 cm³/mol. The summed E-state index contributed by atoms with van der Waals surface area (Å²) in [5.74, 6) is 0. The number of nitro benzene ring substituents is 1. The van der Waals surface area contributed by atoms with Gasteiger partial charge in [-0.3, -0.25) is 15.5 Å². The van der Waals surface area contributed by atoms with Crippen molar-refractivity contribution in [2.75, 3.05) is 0 Å². The monoisotopic (exact) mass is 238 g/mol. The topological polar surface area (TPSA) is 93.5 Å². The molecule has 0 aliphatic rings. The standard InChI is InChI=1S/C9H10N4O2S/c1-6(11-12-9(10)16)7-2-4-8(5-3-7)13(14)15/h2-5H,1H3,(H3,10,12,16)/b11-6-. The van der Waals surface area contributed by atoms with Crippen LogP contribution in [0.25, 0.3) is 0 Å². The van der Waals surface area contributed by atoms with Crippen molar-refractivity contribution in [3.8, 4) is 0 Å². The van der Waals surface area contributed by atoms with Gasteiger partial charge in [-0.05, 0) is 36.8 Å². The molecule has 0 saturated heterocycles. The van der Waals surface area contributed by atoms with E-state index in [1.165, 1.54) is 12.1 Å². The number of thiocarbonyl (C=S) groups is 1. The lowest BCUT2D eigenvalue weighted by atomic mass is 10.1. The van der Waals surface area contributed by atoms with Crippen LogP contribution in [-0.2, 0) is 0 Å². The Morgan fingerprint density at radius 1 is 1.50 bits per heavy atom. The molecule has 0 atom stereocenters. The Hall–Kier alpha value is -2.02. The van der Waals surface area contributed by atoms with Crippen molar-refractivity contribution in [3.05, 3.63) is 39.9 Å². The smallest absolute Gasteiger partial charge is 0.269 e. The molecule has 0 aliphatic carbocycles. The van der Waals surface area contributed by atoms with Crippen molar-refractivity contribution in [1.82, 2.24) is 5.43 Å². The van der Waals surface area contributed by atoms with Gasteiger partial charge in [0.25, 0.3) is 5.69 Å². The average molecular weight is 238 g/mol. The molecule has 84 valence electrons. The van der Waals surface area contributed by atoms with Gasteiger partial charge in [0, 0.05) is 12.1 Å². The van der Waals surface area contributed by atoms with Crippen LogP contribution in [0, 0.1) is 10.1 Å². The van der Waals surface area contributed by atoms with Gasteiger partial charge in [-0.15, -0.1) is 0 Å². The molecule has 0 radical (unpaired) electrons. The van der Waals surface area contributed by atoms with E-state index in [1.54, 1.807) is 19.1 Å². The number of benzene rings is 1. The Morgan fingerprint density at radius 2 is 2.06 bits per heavy atom. The minimum atomic E-state index is -0.455. The van der Waals surface area contributed by atoms with Gasteiger partial charge in [-0.2, -0.15) is 5.10 Å². The Labute approximate surface area is 97.3 Å². The van der Waals surface area contributed by atoms with E-state index in [0.29, 0.717) is 5.71 Å². The summed E-state index contributed by atoms with van der Waals surface area (Å²) < 4.78 is 0. The molecule has 6 nitrogen and oxygen atoms in total. The molecule has 1 aromatic carbocycles. The molecular weight excluding hydrogens is 228 g/mol. The zero-order valence-electron chi connectivity index (χ0n) is 8.51. The molecule has 0 saturated carbocycles. The number of hydrazone groups is 1. The summed E-state index contributed by atoms with van der Waals surface area (Å²) in [6, 6.07) is 6.04. The van der Waals surface area contributed by atoms with Crippen molar-refractivity contribution in [2.24, 2.45) is 10.8 Å². The van der Waals surface area contributed by atoms with Crippen LogP contribution in [0.4, 0.5) is 5.69 Å². The molecule has 0 unspecified atom stereocenters. The minimum absolute atomic E-state index is 0.0406. The first kappa shape index (κ1) is 12.1. The van der Waals surface area contributed by atoms with Crippen molar-refractivity contribution < 1.29 is 4.92 Å². The highest BCUT2D eigenvalue weighted by Gasteiger charge is 2.05. The summed E-state index contributed by atoms with van der Waals surface area (Å²) in [4.78, 5) is 9.97. The second kappa shape index (κ2) is 5.17. The molecule has 0 fully saturated rings. The highest BCUT2D eigenvalue weighted by atomic mass is 32.1. The number of hydrogen-bond acceptors (Lipinski definition) is 4. The van der Waals surface area contributed by atoms with Crippen molar-refractivity contribution in [3.63, 3.8) is 0 Å². The van der Waals surface area contributed by atoms with E-state index in [4.69, 9.17) is 5.73 Å². The van der Waals surface area contributed by atoms with Crippen LogP contribution in [0.5, 0.6) is 0 Å². The molecule has 3 N–H and O–H groups in total. The zero-order chi connectivity index (χ0) is 12.1. The van der Waals surface area contributed by atoms with E-state index in [2.05, 4.69) is 22.7 Å². The van der Waals surface area contributed by atoms with Crippen molar-refractivity contribution >= 4 is 28.7 Å².